The highest BCUT2D eigenvalue weighted by molar-refractivity contribution is 6.06. The fraction of sp³-hybridized carbons (Fsp3) is 0.105. The number of rotatable bonds is 5. The van der Waals surface area contributed by atoms with E-state index in [0.717, 1.165) is 0 Å². The number of aromatic carboxylic acids is 1. The van der Waals surface area contributed by atoms with Gasteiger partial charge in [-0.3, -0.25) is 0 Å². The van der Waals surface area contributed by atoms with Gasteiger partial charge in [0, 0.05) is 11.1 Å². The first-order chi connectivity index (χ1) is 13.1. The molecule has 8 nitrogen and oxygen atoms in total. The number of carboxylic acids is 1. The smallest absolute Gasteiger partial charge is 0.259 e. The molecule has 27 heavy (non-hydrogen) atoms. The number of carbonyl (C=O) groups excluding carboxylic acids is 1. The Bertz CT molecular complexity index is 1130. The highest BCUT2D eigenvalue weighted by Gasteiger charge is 2.21. The Morgan fingerprint density at radius 3 is 2.67 bits per heavy atom. The zero-order chi connectivity index (χ0) is 19.0. The van der Waals surface area contributed by atoms with E-state index >= 15 is 0 Å². The Morgan fingerprint density at radius 1 is 1.15 bits per heavy atom. The van der Waals surface area contributed by atoms with Gasteiger partial charge >= 0.3 is 0 Å². The van der Waals surface area contributed by atoms with Crippen LogP contribution in [0.15, 0.2) is 51.6 Å². The van der Waals surface area contributed by atoms with Crippen LogP contribution in [-0.2, 0) is 0 Å². The number of hydrogen-bond donors (Lipinski definition) is 0. The fourth-order valence-electron chi connectivity index (χ4n) is 2.85. The third kappa shape index (κ3) is 2.77. The van der Waals surface area contributed by atoms with Crippen molar-refractivity contribution < 1.29 is 28.3 Å². The zero-order valence-corrected chi connectivity index (χ0v) is 14.4. The molecule has 8 heteroatoms. The normalized spacial score (nSPS) is 10.9. The van der Waals surface area contributed by atoms with Gasteiger partial charge in [0.1, 0.15) is 11.5 Å². The molecule has 0 radical (unpaired) electrons. The summed E-state index contributed by atoms with van der Waals surface area (Å²) >= 11 is 0. The van der Waals surface area contributed by atoms with Crippen LogP contribution in [0, 0.1) is 0 Å². The maximum absolute atomic E-state index is 11.8. The van der Waals surface area contributed by atoms with Gasteiger partial charge in [-0.25, -0.2) is 4.98 Å². The van der Waals surface area contributed by atoms with E-state index in [2.05, 4.69) is 10.1 Å². The number of benzene rings is 1. The second kappa shape index (κ2) is 6.49. The largest absolute Gasteiger partial charge is 0.545 e. The minimum absolute atomic E-state index is 0.0444. The third-order valence-corrected chi connectivity index (χ3v) is 4.10. The molecule has 0 N–H and O–H groups in total. The van der Waals surface area contributed by atoms with Crippen molar-refractivity contribution in [1.29, 1.82) is 0 Å². The van der Waals surface area contributed by atoms with E-state index < -0.39 is 5.97 Å². The molecule has 0 unspecified atom stereocenters. The van der Waals surface area contributed by atoms with Gasteiger partial charge in [0.05, 0.1) is 37.5 Å². The average molecular weight is 365 g/mol. The van der Waals surface area contributed by atoms with Gasteiger partial charge < -0.3 is 28.3 Å². The van der Waals surface area contributed by atoms with Gasteiger partial charge in [0.2, 0.25) is 0 Å². The Morgan fingerprint density at radius 2 is 2.00 bits per heavy atom. The number of methoxy groups -OCH3 is 2. The molecule has 0 aliphatic rings. The van der Waals surface area contributed by atoms with Crippen LogP contribution < -0.4 is 14.6 Å². The summed E-state index contributed by atoms with van der Waals surface area (Å²) < 4.78 is 21.2. The van der Waals surface area contributed by atoms with Crippen LogP contribution in [0.1, 0.15) is 10.4 Å². The Hall–Kier alpha value is -3.81. The second-order valence-corrected chi connectivity index (χ2v) is 5.60. The molecular weight excluding hydrogens is 352 g/mol. The summed E-state index contributed by atoms with van der Waals surface area (Å²) in [6.45, 7) is 0. The van der Waals surface area contributed by atoms with Gasteiger partial charge in [0.25, 0.3) is 5.71 Å². The number of ether oxygens (including phenoxy) is 2. The maximum Gasteiger partial charge on any atom is 0.259 e. The monoisotopic (exact) mass is 365 g/mol. The van der Waals surface area contributed by atoms with E-state index in [0.29, 0.717) is 28.5 Å². The fourth-order valence-corrected chi connectivity index (χ4v) is 2.85. The Balaban J connectivity index is 1.99. The molecule has 0 aliphatic heterocycles. The van der Waals surface area contributed by atoms with Crippen LogP contribution in [0.25, 0.3) is 33.8 Å². The Labute approximate surface area is 152 Å². The highest BCUT2D eigenvalue weighted by Crippen LogP contribution is 2.36. The van der Waals surface area contributed by atoms with Crippen LogP contribution in [0.5, 0.6) is 11.5 Å². The lowest BCUT2D eigenvalue weighted by Crippen LogP contribution is -2.22. The van der Waals surface area contributed by atoms with Gasteiger partial charge in [0.15, 0.2) is 11.5 Å². The lowest BCUT2D eigenvalue weighted by atomic mass is 10.0. The first-order valence-electron chi connectivity index (χ1n) is 7.90. The van der Waals surface area contributed by atoms with Crippen LogP contribution in [-0.4, -0.2) is 30.3 Å². The average Bonchev–Trinajstić information content (AvgIpc) is 3.35. The topological polar surface area (TPSA) is 111 Å². The first-order valence-corrected chi connectivity index (χ1v) is 7.90. The lowest BCUT2D eigenvalue weighted by molar-refractivity contribution is -0.254. The molecule has 0 spiro atoms. The van der Waals surface area contributed by atoms with Crippen molar-refractivity contribution in [3.05, 3.63) is 48.2 Å². The van der Waals surface area contributed by atoms with Gasteiger partial charge in [-0.05, 0) is 36.4 Å². The number of carboxylic acid groups (broad SMARTS) is 1. The molecule has 0 aliphatic carbocycles. The van der Waals surface area contributed by atoms with Crippen LogP contribution in [0.2, 0.25) is 0 Å². The van der Waals surface area contributed by atoms with Crippen LogP contribution in [0.4, 0.5) is 0 Å². The molecule has 0 saturated carbocycles. The van der Waals surface area contributed by atoms with Crippen molar-refractivity contribution in [1.82, 2.24) is 10.1 Å². The predicted octanol–water partition coefficient (Wildman–Crippen LogP) is 2.53. The van der Waals surface area contributed by atoms with E-state index in [-0.39, 0.29) is 22.4 Å². The third-order valence-electron chi connectivity index (χ3n) is 4.10. The number of fused-ring (bicyclic) bond motifs is 1. The van der Waals surface area contributed by atoms with Crippen molar-refractivity contribution in [2.75, 3.05) is 14.2 Å². The number of nitrogens with zero attached hydrogens (tertiary/aromatic N) is 2. The lowest BCUT2D eigenvalue weighted by Gasteiger charge is -2.12. The summed E-state index contributed by atoms with van der Waals surface area (Å²) in [5, 5.41) is 15.9. The molecule has 1 aromatic carbocycles. The number of hydrogen-bond acceptors (Lipinski definition) is 8. The number of pyridine rings is 1. The molecule has 4 rings (SSSR count). The maximum atomic E-state index is 11.8. The summed E-state index contributed by atoms with van der Waals surface area (Å²) in [5.74, 6) is 0.0422. The van der Waals surface area contributed by atoms with E-state index in [1.165, 1.54) is 26.5 Å². The second-order valence-electron chi connectivity index (χ2n) is 5.60. The Kier molecular flexibility index (Phi) is 4.00. The zero-order valence-electron chi connectivity index (χ0n) is 14.4. The number of carbonyl (C=O) groups is 1. The van der Waals surface area contributed by atoms with Crippen molar-refractivity contribution >= 4 is 17.1 Å². The first kappa shape index (κ1) is 16.6. The summed E-state index contributed by atoms with van der Waals surface area (Å²) in [4.78, 5) is 16.2. The molecular formula is C19H13N2O6-. The van der Waals surface area contributed by atoms with Crippen molar-refractivity contribution in [3.63, 3.8) is 0 Å². The standard InChI is InChI=1S/C19H14N2O6/c1-24-10-5-6-14(25-2)11(8-10)13-9-12(19(22)23)16-17(15-4-3-7-26-15)21-27-18(16)20-13/h3-9H,1-2H3,(H,22,23)/p-1. The quantitative estimate of drug-likeness (QED) is 0.530. The number of aromatic nitrogens is 2. The van der Waals surface area contributed by atoms with E-state index in [4.69, 9.17) is 18.4 Å². The molecule has 3 aromatic heterocycles. The van der Waals surface area contributed by atoms with Gasteiger partial charge in [-0.15, -0.1) is 0 Å². The molecule has 136 valence electrons. The molecule has 0 saturated heterocycles. The van der Waals surface area contributed by atoms with E-state index in [9.17, 15) is 9.90 Å². The van der Waals surface area contributed by atoms with Gasteiger partial charge in [-0.2, -0.15) is 0 Å². The van der Waals surface area contributed by atoms with Crippen molar-refractivity contribution in [2.45, 2.75) is 0 Å². The van der Waals surface area contributed by atoms with Crippen molar-refractivity contribution in [3.8, 4) is 34.2 Å². The van der Waals surface area contributed by atoms with Crippen molar-refractivity contribution in [2.24, 2.45) is 0 Å². The number of furan rings is 1. The predicted molar refractivity (Wildman–Crippen MR) is 92.4 cm³/mol. The highest BCUT2D eigenvalue weighted by atomic mass is 16.5. The minimum atomic E-state index is -1.39. The molecule has 4 aromatic rings. The van der Waals surface area contributed by atoms with Crippen LogP contribution in [0.3, 0.4) is 0 Å². The molecule has 0 fully saturated rings. The van der Waals surface area contributed by atoms with E-state index in [1.807, 2.05) is 0 Å². The molecule has 0 bridgehead atoms. The molecule has 3 heterocycles. The van der Waals surface area contributed by atoms with Crippen LogP contribution >= 0.6 is 0 Å². The molecule has 0 amide bonds. The van der Waals surface area contributed by atoms with Gasteiger partial charge in [-0.1, -0.05) is 5.16 Å². The summed E-state index contributed by atoms with van der Waals surface area (Å²) in [7, 11) is 3.04. The SMILES string of the molecule is COc1ccc(OC)c(-c2cc(C(=O)[O-])c3c(-c4ccco4)noc3n2)c1. The molecule has 0 atom stereocenters. The van der Waals surface area contributed by atoms with E-state index in [1.54, 1.807) is 30.3 Å². The minimum Gasteiger partial charge on any atom is -0.545 e. The summed E-state index contributed by atoms with van der Waals surface area (Å²) in [6, 6.07) is 9.82. The summed E-state index contributed by atoms with van der Waals surface area (Å²) in [5.41, 5.74) is 1.03. The summed E-state index contributed by atoms with van der Waals surface area (Å²) in [6.07, 6.45) is 1.46.